The molecular weight excluding hydrogens is 623 g/mol. The maximum Gasteiger partial charge on any atom is 0.493 e. The molecule has 2 aliphatic rings. The van der Waals surface area contributed by atoms with E-state index >= 15 is 0 Å². The first-order chi connectivity index (χ1) is 22.0. The molecule has 0 amide bonds. The van der Waals surface area contributed by atoms with E-state index in [9.17, 15) is 32.3 Å². The topological polar surface area (TPSA) is 120 Å². The number of hydroxylamine groups is 1. The largest absolute Gasteiger partial charge is 0.493 e. The first kappa shape index (κ1) is 33.3. The van der Waals surface area contributed by atoms with E-state index in [4.69, 9.17) is 10.6 Å². The van der Waals surface area contributed by atoms with Crippen molar-refractivity contribution in [3.8, 4) is 0 Å². The van der Waals surface area contributed by atoms with E-state index in [1.54, 1.807) is 65.6 Å². The summed E-state index contributed by atoms with van der Waals surface area (Å²) in [6, 6.07) is 17.1. The molecule has 5 rings (SSSR count). The number of nitrogens with zero attached hydrogens (tertiary/aromatic N) is 4. The second kappa shape index (κ2) is 13.8. The zero-order valence-electron chi connectivity index (χ0n) is 25.4. The van der Waals surface area contributed by atoms with Crippen LogP contribution in [0.5, 0.6) is 0 Å². The van der Waals surface area contributed by atoms with Crippen LogP contribution in [0.15, 0.2) is 70.3 Å². The van der Waals surface area contributed by atoms with Crippen LogP contribution in [0.2, 0.25) is 0 Å². The van der Waals surface area contributed by atoms with Crippen molar-refractivity contribution < 1.29 is 27.6 Å². The molecule has 14 heteroatoms. The van der Waals surface area contributed by atoms with Gasteiger partial charge >= 0.3 is 17.8 Å². The molecule has 2 aromatic carbocycles. The number of carbonyl (C=O) groups is 2. The standard InChI is InChI=1S/C32H36F3N5O5S/c1-37-26-25(27(42)39(29(37)44)20-24(41)23-15-9-6-10-16-23)38(19-22-13-7-5-8-14-22)30(40(26)45-28(43)32(33,34)35)46-31(21-36)17-11-3-2-4-12-18-31/h5-10,13-16,30H,2-4,11-12,17-21,36H2,1H3. The Morgan fingerprint density at radius 2 is 1.54 bits per heavy atom. The number of rotatable bonds is 9. The number of alkyl halides is 3. The zero-order valence-corrected chi connectivity index (χ0v) is 26.2. The molecule has 0 radical (unpaired) electrons. The van der Waals surface area contributed by atoms with Crippen LogP contribution in [-0.2, 0) is 29.8 Å². The number of benzene rings is 2. The van der Waals surface area contributed by atoms with E-state index < -0.39 is 46.0 Å². The number of aromatic nitrogens is 2. The van der Waals surface area contributed by atoms with Gasteiger partial charge in [-0.25, -0.2) is 9.59 Å². The SMILES string of the molecule is Cn1c2c(c(=O)n(CC(=O)c3ccccc3)c1=O)N(Cc1ccccc1)C(SC1(CN)CCCCCCC1)N2OC(=O)C(F)(F)F. The third-order valence-electron chi connectivity index (χ3n) is 8.46. The van der Waals surface area contributed by atoms with E-state index in [0.29, 0.717) is 18.4 Å². The number of halogens is 3. The monoisotopic (exact) mass is 659 g/mol. The number of hydrogen-bond acceptors (Lipinski definition) is 9. The summed E-state index contributed by atoms with van der Waals surface area (Å²) in [7, 11) is 1.26. The van der Waals surface area contributed by atoms with Crippen LogP contribution in [0.4, 0.5) is 24.7 Å². The van der Waals surface area contributed by atoms with Crippen LogP contribution in [-0.4, -0.2) is 43.9 Å². The maximum atomic E-state index is 14.2. The third kappa shape index (κ3) is 6.87. The second-order valence-electron chi connectivity index (χ2n) is 11.6. The predicted molar refractivity (Wildman–Crippen MR) is 169 cm³/mol. The molecule has 10 nitrogen and oxygen atoms in total. The van der Waals surface area contributed by atoms with Gasteiger partial charge in [0.15, 0.2) is 22.8 Å². The van der Waals surface area contributed by atoms with Gasteiger partial charge in [-0.3, -0.25) is 18.7 Å². The summed E-state index contributed by atoms with van der Waals surface area (Å²) in [5.74, 6) is -3.32. The van der Waals surface area contributed by atoms with Crippen LogP contribution < -0.4 is 26.9 Å². The zero-order chi connectivity index (χ0) is 33.1. The summed E-state index contributed by atoms with van der Waals surface area (Å²) < 4.78 is 42.1. The van der Waals surface area contributed by atoms with Gasteiger partial charge in [0.25, 0.3) is 5.56 Å². The highest BCUT2D eigenvalue weighted by molar-refractivity contribution is 8.01. The molecule has 1 fully saturated rings. The molecule has 246 valence electrons. The number of hydrogen-bond donors (Lipinski definition) is 1. The lowest BCUT2D eigenvalue weighted by Crippen LogP contribution is -2.49. The van der Waals surface area contributed by atoms with Crippen molar-refractivity contribution in [2.24, 2.45) is 12.8 Å². The smallest absolute Gasteiger partial charge is 0.329 e. The Balaban J connectivity index is 1.69. The molecule has 1 aliphatic heterocycles. The van der Waals surface area contributed by atoms with Crippen LogP contribution in [0.3, 0.4) is 0 Å². The van der Waals surface area contributed by atoms with Crippen molar-refractivity contribution in [1.82, 2.24) is 9.13 Å². The van der Waals surface area contributed by atoms with Gasteiger partial charge in [0, 0.05) is 30.4 Å². The molecule has 0 spiro atoms. The molecule has 2 N–H and O–H groups in total. The Bertz CT molecular complexity index is 1670. The van der Waals surface area contributed by atoms with Crippen molar-refractivity contribution in [1.29, 1.82) is 0 Å². The number of nitrogens with two attached hydrogens (primary N) is 1. The first-order valence-electron chi connectivity index (χ1n) is 15.1. The highest BCUT2D eigenvalue weighted by Gasteiger charge is 2.51. The summed E-state index contributed by atoms with van der Waals surface area (Å²) in [5.41, 5.74) is 4.15. The molecule has 1 unspecified atom stereocenters. The summed E-state index contributed by atoms with van der Waals surface area (Å²) in [4.78, 5) is 60.0. The maximum absolute atomic E-state index is 14.2. The van der Waals surface area contributed by atoms with Crippen LogP contribution >= 0.6 is 11.8 Å². The van der Waals surface area contributed by atoms with Crippen LogP contribution in [0, 0.1) is 0 Å². The Hall–Kier alpha value is -4.04. The van der Waals surface area contributed by atoms with Gasteiger partial charge in [0.2, 0.25) is 0 Å². The highest BCUT2D eigenvalue weighted by Crippen LogP contribution is 2.48. The molecule has 0 bridgehead atoms. The molecule has 1 saturated carbocycles. The molecule has 1 aliphatic carbocycles. The number of carbonyl (C=O) groups excluding carboxylic acids is 2. The van der Waals surface area contributed by atoms with Gasteiger partial charge in [-0.1, -0.05) is 92.8 Å². The van der Waals surface area contributed by atoms with E-state index in [-0.39, 0.29) is 30.2 Å². The van der Waals surface area contributed by atoms with Crippen molar-refractivity contribution in [2.45, 2.75) is 74.5 Å². The number of ketones is 1. The lowest BCUT2D eigenvalue weighted by Gasteiger charge is -2.40. The van der Waals surface area contributed by atoms with E-state index in [1.165, 1.54) is 18.8 Å². The fourth-order valence-electron chi connectivity index (χ4n) is 6.01. The Morgan fingerprint density at radius 3 is 2.13 bits per heavy atom. The minimum absolute atomic E-state index is 0.0201. The van der Waals surface area contributed by atoms with E-state index in [1.807, 2.05) is 0 Å². The quantitative estimate of drug-likeness (QED) is 0.325. The average molecular weight is 660 g/mol. The van der Waals surface area contributed by atoms with Gasteiger partial charge in [-0.05, 0) is 18.4 Å². The van der Waals surface area contributed by atoms with E-state index in [2.05, 4.69) is 0 Å². The van der Waals surface area contributed by atoms with Gasteiger partial charge in [0.1, 0.15) is 0 Å². The van der Waals surface area contributed by atoms with Gasteiger partial charge in [-0.15, -0.1) is 11.8 Å². The molecule has 1 aromatic heterocycles. The molecule has 0 saturated heterocycles. The van der Waals surface area contributed by atoms with Gasteiger partial charge in [-0.2, -0.15) is 18.2 Å². The van der Waals surface area contributed by atoms with Crippen LogP contribution in [0.1, 0.15) is 60.9 Å². The lowest BCUT2D eigenvalue weighted by atomic mass is 9.90. The number of thioether (sulfide) groups is 1. The molecule has 1 atom stereocenters. The summed E-state index contributed by atoms with van der Waals surface area (Å²) in [6.07, 6.45) is 0.676. The lowest BCUT2D eigenvalue weighted by molar-refractivity contribution is -0.201. The van der Waals surface area contributed by atoms with Crippen molar-refractivity contribution in [2.75, 3.05) is 16.5 Å². The summed E-state index contributed by atoms with van der Waals surface area (Å²) in [5, 5.41) is 0.723. The molecule has 2 heterocycles. The molecule has 3 aromatic rings. The van der Waals surface area contributed by atoms with Crippen LogP contribution in [0.25, 0.3) is 0 Å². The minimum Gasteiger partial charge on any atom is -0.329 e. The Labute approximate surface area is 267 Å². The number of fused-ring (bicyclic) bond motifs is 1. The fourth-order valence-corrected chi connectivity index (χ4v) is 7.62. The van der Waals surface area contributed by atoms with Crippen molar-refractivity contribution >= 4 is 35.0 Å². The normalized spacial score (nSPS) is 18.1. The number of Topliss-reactive ketones (excluding diaryl/α,β-unsaturated/α-hetero) is 1. The molecule has 46 heavy (non-hydrogen) atoms. The Morgan fingerprint density at radius 1 is 0.957 bits per heavy atom. The van der Waals surface area contributed by atoms with Crippen molar-refractivity contribution in [3.63, 3.8) is 0 Å². The van der Waals surface area contributed by atoms with Gasteiger partial charge < -0.3 is 15.5 Å². The number of anilines is 2. The third-order valence-corrected chi connectivity index (χ3v) is 10.2. The summed E-state index contributed by atoms with van der Waals surface area (Å²) in [6.45, 7) is -0.388. The molecular formula is C32H36F3N5O5S. The fraction of sp³-hybridized carbons (Fsp3) is 0.438. The van der Waals surface area contributed by atoms with Crippen molar-refractivity contribution in [3.05, 3.63) is 92.6 Å². The second-order valence-corrected chi connectivity index (χ2v) is 13.1. The first-order valence-corrected chi connectivity index (χ1v) is 16.0. The highest BCUT2D eigenvalue weighted by atomic mass is 32.2. The van der Waals surface area contributed by atoms with E-state index in [0.717, 1.165) is 46.3 Å². The van der Waals surface area contributed by atoms with Gasteiger partial charge in [0.05, 0.1) is 6.54 Å². The average Bonchev–Trinajstić information content (AvgIpc) is 3.31. The predicted octanol–water partition coefficient (Wildman–Crippen LogP) is 4.74. The summed E-state index contributed by atoms with van der Waals surface area (Å²) >= 11 is 1.23. The minimum atomic E-state index is -5.36. The Kier molecular flexibility index (Phi) is 9.96.